The maximum absolute atomic E-state index is 5.74. The van der Waals surface area contributed by atoms with Gasteiger partial charge >= 0.3 is 0 Å². The smallest absolute Gasteiger partial charge is 0.132 e. The van der Waals surface area contributed by atoms with Crippen LogP contribution in [0.4, 0.5) is 0 Å². The molecule has 18 heavy (non-hydrogen) atoms. The third-order valence-electron chi connectivity index (χ3n) is 3.23. The molecular weight excluding hydrogens is 224 g/mol. The number of hydrogen-bond acceptors (Lipinski definition) is 2. The molecule has 1 unspecified atom stereocenters. The Morgan fingerprint density at radius 2 is 1.94 bits per heavy atom. The van der Waals surface area contributed by atoms with Crippen LogP contribution < -0.4 is 4.74 Å². The van der Waals surface area contributed by atoms with E-state index in [1.165, 1.54) is 5.56 Å². The van der Waals surface area contributed by atoms with E-state index in [4.69, 9.17) is 9.47 Å². The van der Waals surface area contributed by atoms with Crippen LogP contribution in [0.5, 0.6) is 5.75 Å². The molecule has 1 fully saturated rings. The number of benzene rings is 1. The lowest BCUT2D eigenvalue weighted by Crippen LogP contribution is -2.16. The highest BCUT2D eigenvalue weighted by Crippen LogP contribution is 2.25. The van der Waals surface area contributed by atoms with Gasteiger partial charge in [0.05, 0.1) is 5.76 Å². The van der Waals surface area contributed by atoms with E-state index < -0.39 is 0 Å². The SMILES string of the molecule is C=C1CCC(COc2ccc(C(C)(C)C)cc2)O1. The monoisotopic (exact) mass is 246 g/mol. The second-order valence-corrected chi connectivity index (χ2v) is 5.90. The number of allylic oxidation sites excluding steroid dienone is 1. The summed E-state index contributed by atoms with van der Waals surface area (Å²) in [5, 5.41) is 0. The summed E-state index contributed by atoms with van der Waals surface area (Å²) in [4.78, 5) is 0. The van der Waals surface area contributed by atoms with Gasteiger partial charge < -0.3 is 9.47 Å². The van der Waals surface area contributed by atoms with E-state index in [2.05, 4.69) is 39.5 Å². The first-order valence-electron chi connectivity index (χ1n) is 6.53. The molecule has 1 saturated heterocycles. The molecular formula is C16H22O2. The lowest BCUT2D eigenvalue weighted by atomic mass is 9.87. The van der Waals surface area contributed by atoms with Gasteiger partial charge in [-0.25, -0.2) is 0 Å². The molecule has 0 aliphatic carbocycles. The summed E-state index contributed by atoms with van der Waals surface area (Å²) in [5.41, 5.74) is 1.51. The summed E-state index contributed by atoms with van der Waals surface area (Å²) in [7, 11) is 0. The lowest BCUT2D eigenvalue weighted by Gasteiger charge is -2.19. The van der Waals surface area contributed by atoms with Crippen molar-refractivity contribution >= 4 is 0 Å². The minimum Gasteiger partial charge on any atom is -0.492 e. The predicted molar refractivity (Wildman–Crippen MR) is 73.9 cm³/mol. The molecule has 0 aromatic heterocycles. The van der Waals surface area contributed by atoms with E-state index in [-0.39, 0.29) is 11.5 Å². The molecule has 1 heterocycles. The minimum atomic E-state index is 0.166. The van der Waals surface area contributed by atoms with Crippen LogP contribution in [0.15, 0.2) is 36.6 Å². The Morgan fingerprint density at radius 1 is 1.28 bits per heavy atom. The van der Waals surface area contributed by atoms with Crippen molar-refractivity contribution in [2.24, 2.45) is 0 Å². The molecule has 0 saturated carbocycles. The largest absolute Gasteiger partial charge is 0.492 e. The van der Waals surface area contributed by atoms with E-state index in [1.54, 1.807) is 0 Å². The van der Waals surface area contributed by atoms with Crippen LogP contribution in [0.3, 0.4) is 0 Å². The zero-order chi connectivity index (χ0) is 13.2. The molecule has 1 aliphatic heterocycles. The highest BCUT2D eigenvalue weighted by molar-refractivity contribution is 5.31. The van der Waals surface area contributed by atoms with Crippen LogP contribution in [0.2, 0.25) is 0 Å². The predicted octanol–water partition coefficient (Wildman–Crippen LogP) is 4.06. The lowest BCUT2D eigenvalue weighted by molar-refractivity contribution is 0.103. The van der Waals surface area contributed by atoms with Crippen molar-refractivity contribution in [1.82, 2.24) is 0 Å². The normalized spacial score (nSPS) is 19.7. The molecule has 98 valence electrons. The van der Waals surface area contributed by atoms with E-state index in [0.717, 1.165) is 24.4 Å². The Bertz CT molecular complexity index is 412. The second-order valence-electron chi connectivity index (χ2n) is 5.90. The van der Waals surface area contributed by atoms with Crippen molar-refractivity contribution < 1.29 is 9.47 Å². The fourth-order valence-electron chi connectivity index (χ4n) is 2.03. The Labute approximate surface area is 110 Å². The van der Waals surface area contributed by atoms with E-state index in [9.17, 15) is 0 Å². The molecule has 2 heteroatoms. The average Bonchev–Trinajstić information content (AvgIpc) is 2.72. The number of rotatable bonds is 3. The zero-order valence-electron chi connectivity index (χ0n) is 11.5. The Morgan fingerprint density at radius 3 is 2.44 bits per heavy atom. The molecule has 1 aliphatic rings. The summed E-state index contributed by atoms with van der Waals surface area (Å²) in [6.07, 6.45) is 2.13. The number of ether oxygens (including phenoxy) is 2. The topological polar surface area (TPSA) is 18.5 Å². The van der Waals surface area contributed by atoms with E-state index in [0.29, 0.717) is 6.61 Å². The average molecular weight is 246 g/mol. The molecule has 1 atom stereocenters. The van der Waals surface area contributed by atoms with Crippen LogP contribution >= 0.6 is 0 Å². The van der Waals surface area contributed by atoms with Gasteiger partial charge in [0.1, 0.15) is 18.5 Å². The Hall–Kier alpha value is -1.44. The highest BCUT2D eigenvalue weighted by atomic mass is 16.5. The minimum absolute atomic E-state index is 0.166. The van der Waals surface area contributed by atoms with Crippen molar-refractivity contribution in [1.29, 1.82) is 0 Å². The first-order valence-corrected chi connectivity index (χ1v) is 6.53. The maximum Gasteiger partial charge on any atom is 0.132 e. The van der Waals surface area contributed by atoms with Gasteiger partial charge in [-0.1, -0.05) is 39.5 Å². The van der Waals surface area contributed by atoms with Crippen LogP contribution in [-0.4, -0.2) is 12.7 Å². The van der Waals surface area contributed by atoms with Crippen molar-refractivity contribution in [2.75, 3.05) is 6.61 Å². The van der Waals surface area contributed by atoms with E-state index in [1.807, 2.05) is 12.1 Å². The van der Waals surface area contributed by atoms with Gasteiger partial charge in [-0.2, -0.15) is 0 Å². The van der Waals surface area contributed by atoms with E-state index >= 15 is 0 Å². The van der Waals surface area contributed by atoms with Gasteiger partial charge in [0, 0.05) is 6.42 Å². The van der Waals surface area contributed by atoms with Gasteiger partial charge in [-0.05, 0) is 29.5 Å². The molecule has 0 bridgehead atoms. The maximum atomic E-state index is 5.74. The van der Waals surface area contributed by atoms with Crippen molar-refractivity contribution in [2.45, 2.75) is 45.1 Å². The quantitative estimate of drug-likeness (QED) is 0.801. The molecule has 2 nitrogen and oxygen atoms in total. The summed E-state index contributed by atoms with van der Waals surface area (Å²) < 4.78 is 11.3. The Kier molecular flexibility index (Phi) is 3.65. The fourth-order valence-corrected chi connectivity index (χ4v) is 2.03. The third kappa shape index (κ3) is 3.28. The van der Waals surface area contributed by atoms with Gasteiger partial charge in [0.2, 0.25) is 0 Å². The third-order valence-corrected chi connectivity index (χ3v) is 3.23. The van der Waals surface area contributed by atoms with Crippen LogP contribution in [0.25, 0.3) is 0 Å². The standard InChI is InChI=1S/C16H22O2/c1-12-5-8-15(18-12)11-17-14-9-6-13(7-10-14)16(2,3)4/h6-7,9-10,15H,1,5,8,11H2,2-4H3. The fraction of sp³-hybridized carbons (Fsp3) is 0.500. The van der Waals surface area contributed by atoms with Crippen molar-refractivity contribution in [3.05, 3.63) is 42.2 Å². The molecule has 1 aromatic carbocycles. The van der Waals surface area contributed by atoms with Gasteiger partial charge in [0.25, 0.3) is 0 Å². The van der Waals surface area contributed by atoms with Gasteiger partial charge in [0.15, 0.2) is 0 Å². The number of hydrogen-bond donors (Lipinski definition) is 0. The van der Waals surface area contributed by atoms with Crippen molar-refractivity contribution in [3.63, 3.8) is 0 Å². The Balaban J connectivity index is 1.89. The first kappa shape index (κ1) is 13.0. The van der Waals surface area contributed by atoms with Crippen molar-refractivity contribution in [3.8, 4) is 5.75 Å². The molecule has 0 N–H and O–H groups in total. The van der Waals surface area contributed by atoms with Crippen LogP contribution in [0.1, 0.15) is 39.2 Å². The summed E-state index contributed by atoms with van der Waals surface area (Å²) in [5.74, 6) is 1.79. The summed E-state index contributed by atoms with van der Waals surface area (Å²) in [6.45, 7) is 11.1. The van der Waals surface area contributed by atoms with Crippen LogP contribution in [-0.2, 0) is 10.2 Å². The second kappa shape index (κ2) is 5.05. The molecule has 1 aromatic rings. The zero-order valence-corrected chi connectivity index (χ0v) is 11.5. The molecule has 0 spiro atoms. The molecule has 0 amide bonds. The highest BCUT2D eigenvalue weighted by Gasteiger charge is 2.19. The summed E-state index contributed by atoms with van der Waals surface area (Å²) in [6, 6.07) is 8.32. The summed E-state index contributed by atoms with van der Waals surface area (Å²) >= 11 is 0. The van der Waals surface area contributed by atoms with Gasteiger partial charge in [-0.15, -0.1) is 0 Å². The van der Waals surface area contributed by atoms with Crippen LogP contribution in [0, 0.1) is 0 Å². The van der Waals surface area contributed by atoms with Gasteiger partial charge in [-0.3, -0.25) is 0 Å². The molecule has 0 radical (unpaired) electrons. The molecule has 2 rings (SSSR count). The first-order chi connectivity index (χ1) is 8.45.